The normalized spacial score (nSPS) is 10.9. The fourth-order valence-corrected chi connectivity index (χ4v) is 2.41. The number of amides is 1. The zero-order valence-electron chi connectivity index (χ0n) is 11.6. The molecule has 106 valence electrons. The van der Waals surface area contributed by atoms with Gasteiger partial charge in [-0.3, -0.25) is 4.79 Å². The summed E-state index contributed by atoms with van der Waals surface area (Å²) in [6.45, 7) is 5.82. The molecular formula is C15H16BrFN2O. The van der Waals surface area contributed by atoms with Crippen LogP contribution >= 0.6 is 15.9 Å². The van der Waals surface area contributed by atoms with Crippen LogP contribution < -0.4 is 5.32 Å². The zero-order chi connectivity index (χ0) is 14.9. The number of nitrogens with one attached hydrogen (secondary N) is 1. The monoisotopic (exact) mass is 338 g/mol. The number of halogens is 2. The van der Waals surface area contributed by atoms with Crippen molar-refractivity contribution in [2.75, 3.05) is 5.32 Å². The van der Waals surface area contributed by atoms with Gasteiger partial charge in [0.1, 0.15) is 11.5 Å². The summed E-state index contributed by atoms with van der Waals surface area (Å²) in [5.74, 6) is -0.621. The van der Waals surface area contributed by atoms with Crippen LogP contribution in [0.3, 0.4) is 0 Å². The lowest BCUT2D eigenvalue weighted by Gasteiger charge is -2.13. The van der Waals surface area contributed by atoms with Crippen molar-refractivity contribution in [2.24, 2.45) is 0 Å². The number of aryl methyl sites for hydroxylation is 1. The first-order valence-corrected chi connectivity index (χ1v) is 7.12. The first-order valence-electron chi connectivity index (χ1n) is 6.33. The Balaban J connectivity index is 2.31. The topological polar surface area (TPSA) is 34.0 Å². The molecule has 0 fully saturated rings. The van der Waals surface area contributed by atoms with E-state index in [2.05, 4.69) is 21.2 Å². The average Bonchev–Trinajstić information content (AvgIpc) is 2.76. The van der Waals surface area contributed by atoms with E-state index < -0.39 is 0 Å². The number of carbonyl (C=O) groups excluding carboxylic acids is 1. The van der Waals surface area contributed by atoms with Crippen LogP contribution in [0.15, 0.2) is 34.9 Å². The van der Waals surface area contributed by atoms with E-state index in [9.17, 15) is 9.18 Å². The molecule has 0 aliphatic carbocycles. The number of benzene rings is 1. The van der Waals surface area contributed by atoms with E-state index in [1.54, 1.807) is 12.1 Å². The van der Waals surface area contributed by atoms with Gasteiger partial charge in [0.2, 0.25) is 0 Å². The third kappa shape index (κ3) is 3.10. The first-order chi connectivity index (χ1) is 9.38. The molecule has 0 aliphatic rings. The molecule has 20 heavy (non-hydrogen) atoms. The Morgan fingerprint density at radius 2 is 2.05 bits per heavy atom. The quantitative estimate of drug-likeness (QED) is 0.876. The van der Waals surface area contributed by atoms with Gasteiger partial charge in [0.05, 0.1) is 0 Å². The Morgan fingerprint density at radius 1 is 1.35 bits per heavy atom. The number of hydrogen-bond donors (Lipinski definition) is 1. The number of carbonyl (C=O) groups is 1. The van der Waals surface area contributed by atoms with Gasteiger partial charge in [0.15, 0.2) is 0 Å². The highest BCUT2D eigenvalue weighted by atomic mass is 79.9. The molecule has 0 aliphatic heterocycles. The van der Waals surface area contributed by atoms with Crippen LogP contribution in [0, 0.1) is 12.7 Å². The van der Waals surface area contributed by atoms with Gasteiger partial charge in [-0.05, 0) is 60.5 Å². The van der Waals surface area contributed by atoms with Crippen molar-refractivity contribution >= 4 is 27.5 Å². The smallest absolute Gasteiger partial charge is 0.272 e. The molecule has 0 saturated carbocycles. The number of rotatable bonds is 3. The molecule has 1 N–H and O–H groups in total. The number of aromatic nitrogens is 1. The van der Waals surface area contributed by atoms with E-state index in [1.807, 2.05) is 31.5 Å². The van der Waals surface area contributed by atoms with E-state index >= 15 is 0 Å². The second-order valence-corrected chi connectivity index (χ2v) is 5.87. The third-order valence-electron chi connectivity index (χ3n) is 3.05. The maximum absolute atomic E-state index is 13.2. The zero-order valence-corrected chi connectivity index (χ0v) is 13.2. The second kappa shape index (κ2) is 5.79. The summed E-state index contributed by atoms with van der Waals surface area (Å²) in [6.07, 6.45) is 1.86. The Labute approximate surface area is 125 Å². The molecule has 0 radical (unpaired) electrons. The van der Waals surface area contributed by atoms with Gasteiger partial charge in [0.25, 0.3) is 5.91 Å². The fourth-order valence-electron chi connectivity index (χ4n) is 1.97. The molecule has 5 heteroatoms. The Hall–Kier alpha value is -1.62. The van der Waals surface area contributed by atoms with Crippen LogP contribution in [0.5, 0.6) is 0 Å². The standard InChI is InChI=1S/C15H16BrFN2O/c1-9(2)19-8-11(16)6-14(19)15(20)18-13-7-12(17)5-4-10(13)3/h4-9H,1-3H3,(H,18,20). The average molecular weight is 339 g/mol. The lowest BCUT2D eigenvalue weighted by Crippen LogP contribution is -2.18. The fraction of sp³-hybridized carbons (Fsp3) is 0.267. The van der Waals surface area contributed by atoms with Gasteiger partial charge in [-0.1, -0.05) is 6.07 Å². The van der Waals surface area contributed by atoms with Crippen molar-refractivity contribution in [2.45, 2.75) is 26.8 Å². The third-order valence-corrected chi connectivity index (χ3v) is 3.49. The highest BCUT2D eigenvalue weighted by Crippen LogP contribution is 2.22. The van der Waals surface area contributed by atoms with Crippen LogP contribution in [0.4, 0.5) is 10.1 Å². The Bertz CT molecular complexity index is 649. The van der Waals surface area contributed by atoms with Crippen molar-refractivity contribution in [3.05, 3.63) is 52.0 Å². The first kappa shape index (κ1) is 14.8. The molecule has 1 amide bonds. The van der Waals surface area contributed by atoms with Crippen LogP contribution in [0.2, 0.25) is 0 Å². The molecule has 3 nitrogen and oxygen atoms in total. The lowest BCUT2D eigenvalue weighted by molar-refractivity contribution is 0.101. The predicted octanol–water partition coefficient (Wildman–Crippen LogP) is 4.53. The molecule has 0 atom stereocenters. The molecular weight excluding hydrogens is 323 g/mol. The summed E-state index contributed by atoms with van der Waals surface area (Å²) in [4.78, 5) is 12.3. The predicted molar refractivity (Wildman–Crippen MR) is 81.6 cm³/mol. The van der Waals surface area contributed by atoms with Crippen molar-refractivity contribution in [1.29, 1.82) is 0 Å². The van der Waals surface area contributed by atoms with Gasteiger partial charge >= 0.3 is 0 Å². The van der Waals surface area contributed by atoms with Gasteiger partial charge in [0, 0.05) is 22.4 Å². The van der Waals surface area contributed by atoms with E-state index in [-0.39, 0.29) is 17.8 Å². The van der Waals surface area contributed by atoms with Crippen molar-refractivity contribution in [3.63, 3.8) is 0 Å². The van der Waals surface area contributed by atoms with E-state index in [0.29, 0.717) is 11.4 Å². The van der Waals surface area contributed by atoms with Crippen LogP contribution in [-0.2, 0) is 0 Å². The molecule has 1 aromatic heterocycles. The summed E-state index contributed by atoms with van der Waals surface area (Å²) >= 11 is 3.37. The summed E-state index contributed by atoms with van der Waals surface area (Å²) in [5.41, 5.74) is 1.85. The van der Waals surface area contributed by atoms with E-state index in [0.717, 1.165) is 10.0 Å². The van der Waals surface area contributed by atoms with Gasteiger partial charge in [-0.2, -0.15) is 0 Å². The number of nitrogens with zero attached hydrogens (tertiary/aromatic N) is 1. The van der Waals surface area contributed by atoms with Crippen molar-refractivity contribution in [1.82, 2.24) is 4.57 Å². The van der Waals surface area contributed by atoms with E-state index in [4.69, 9.17) is 0 Å². The molecule has 0 saturated heterocycles. The minimum Gasteiger partial charge on any atom is -0.340 e. The summed E-state index contributed by atoms with van der Waals surface area (Å²) in [7, 11) is 0. The van der Waals surface area contributed by atoms with Crippen LogP contribution in [-0.4, -0.2) is 10.5 Å². The maximum Gasteiger partial charge on any atom is 0.272 e. The maximum atomic E-state index is 13.2. The largest absolute Gasteiger partial charge is 0.340 e. The lowest BCUT2D eigenvalue weighted by atomic mass is 10.2. The molecule has 1 heterocycles. The minimum atomic E-state index is -0.369. The summed E-state index contributed by atoms with van der Waals surface area (Å²) < 4.78 is 16.0. The van der Waals surface area contributed by atoms with Gasteiger partial charge < -0.3 is 9.88 Å². The molecule has 0 unspecified atom stereocenters. The van der Waals surface area contributed by atoms with Crippen LogP contribution in [0.1, 0.15) is 35.9 Å². The highest BCUT2D eigenvalue weighted by Gasteiger charge is 2.16. The van der Waals surface area contributed by atoms with Gasteiger partial charge in [-0.25, -0.2) is 4.39 Å². The van der Waals surface area contributed by atoms with E-state index in [1.165, 1.54) is 12.1 Å². The number of hydrogen-bond acceptors (Lipinski definition) is 1. The second-order valence-electron chi connectivity index (χ2n) is 4.96. The Kier molecular flexibility index (Phi) is 4.28. The summed E-state index contributed by atoms with van der Waals surface area (Å²) in [5, 5.41) is 2.76. The van der Waals surface area contributed by atoms with Crippen LogP contribution in [0.25, 0.3) is 0 Å². The minimum absolute atomic E-state index is 0.163. The summed E-state index contributed by atoms with van der Waals surface area (Å²) in [6, 6.07) is 6.26. The Morgan fingerprint density at radius 3 is 2.70 bits per heavy atom. The number of anilines is 1. The molecule has 2 aromatic rings. The SMILES string of the molecule is Cc1ccc(F)cc1NC(=O)c1cc(Br)cn1C(C)C. The van der Waals surface area contributed by atoms with Gasteiger partial charge in [-0.15, -0.1) is 0 Å². The highest BCUT2D eigenvalue weighted by molar-refractivity contribution is 9.10. The molecule has 0 bridgehead atoms. The van der Waals surface area contributed by atoms with Crippen molar-refractivity contribution in [3.8, 4) is 0 Å². The molecule has 2 rings (SSSR count). The molecule has 0 spiro atoms. The van der Waals surface area contributed by atoms with Crippen molar-refractivity contribution < 1.29 is 9.18 Å². The molecule has 1 aromatic carbocycles.